The monoisotopic (exact) mass is 182 g/mol. The molecule has 1 aromatic carbocycles. The molecule has 0 saturated heterocycles. The van der Waals surface area contributed by atoms with E-state index in [2.05, 4.69) is 5.43 Å². The van der Waals surface area contributed by atoms with Crippen molar-refractivity contribution >= 4 is 5.69 Å². The van der Waals surface area contributed by atoms with E-state index in [4.69, 9.17) is 4.74 Å². The summed E-state index contributed by atoms with van der Waals surface area (Å²) in [5.41, 5.74) is 2.43. The lowest BCUT2D eigenvalue weighted by molar-refractivity contribution is -0.445. The number of anilines is 1. The van der Waals surface area contributed by atoms with E-state index in [1.54, 1.807) is 24.3 Å². The Morgan fingerprint density at radius 1 is 1.54 bits per heavy atom. The SMILES string of the molecule is CCOc1ccccc1N[N+](=O)[O-]. The Bertz CT molecular complexity index is 301. The van der Waals surface area contributed by atoms with Crippen molar-refractivity contribution in [2.24, 2.45) is 0 Å². The number of hydrogen-bond donors (Lipinski definition) is 1. The maximum Gasteiger partial charge on any atom is 0.162 e. The number of hydrogen-bond acceptors (Lipinski definition) is 3. The van der Waals surface area contributed by atoms with Gasteiger partial charge < -0.3 is 4.74 Å². The molecule has 0 saturated carbocycles. The molecule has 0 atom stereocenters. The number of para-hydroxylation sites is 2. The van der Waals surface area contributed by atoms with Crippen LogP contribution in [0.25, 0.3) is 0 Å². The topological polar surface area (TPSA) is 64.4 Å². The molecule has 0 spiro atoms. The quantitative estimate of drug-likeness (QED) is 0.568. The smallest absolute Gasteiger partial charge is 0.162 e. The van der Waals surface area contributed by atoms with Gasteiger partial charge in [-0.05, 0) is 19.1 Å². The predicted octanol–water partition coefficient (Wildman–Crippen LogP) is 1.69. The first kappa shape index (κ1) is 9.31. The minimum absolute atomic E-state index is 0.370. The van der Waals surface area contributed by atoms with Crippen LogP contribution >= 0.6 is 0 Å². The van der Waals surface area contributed by atoms with Crippen LogP contribution in [0.2, 0.25) is 0 Å². The molecule has 0 radical (unpaired) electrons. The molecule has 0 heterocycles. The minimum atomic E-state index is -0.613. The van der Waals surface area contributed by atoms with E-state index in [9.17, 15) is 10.1 Å². The summed E-state index contributed by atoms with van der Waals surface area (Å²) in [7, 11) is 0. The lowest BCUT2D eigenvalue weighted by Gasteiger charge is -2.06. The number of nitro groups is 1. The first-order chi connectivity index (χ1) is 6.24. The van der Waals surface area contributed by atoms with Gasteiger partial charge in [0.1, 0.15) is 11.4 Å². The molecule has 70 valence electrons. The Kier molecular flexibility index (Phi) is 3.08. The molecule has 0 fully saturated rings. The van der Waals surface area contributed by atoms with E-state index in [0.717, 1.165) is 0 Å². The van der Waals surface area contributed by atoms with E-state index >= 15 is 0 Å². The number of ether oxygens (including phenoxy) is 1. The normalized spacial score (nSPS) is 9.31. The number of rotatable bonds is 4. The van der Waals surface area contributed by atoms with Crippen molar-refractivity contribution in [3.8, 4) is 5.75 Å². The summed E-state index contributed by atoms with van der Waals surface area (Å²) in [6.45, 7) is 2.30. The van der Waals surface area contributed by atoms with Crippen molar-refractivity contribution in [3.05, 3.63) is 34.4 Å². The summed E-state index contributed by atoms with van der Waals surface area (Å²) in [4.78, 5) is 10.2. The maximum absolute atomic E-state index is 10.2. The number of hydrazine groups is 1. The van der Waals surface area contributed by atoms with E-state index in [0.29, 0.717) is 18.0 Å². The highest BCUT2D eigenvalue weighted by Gasteiger charge is 2.05. The third kappa shape index (κ3) is 2.62. The van der Waals surface area contributed by atoms with E-state index in [-0.39, 0.29) is 0 Å². The molecule has 0 unspecified atom stereocenters. The zero-order valence-corrected chi connectivity index (χ0v) is 7.19. The average Bonchev–Trinajstić information content (AvgIpc) is 2.08. The molecule has 0 aromatic heterocycles. The second-order valence-electron chi connectivity index (χ2n) is 2.30. The maximum atomic E-state index is 10.2. The van der Waals surface area contributed by atoms with Crippen LogP contribution in [0, 0.1) is 10.1 Å². The van der Waals surface area contributed by atoms with Gasteiger partial charge in [-0.1, -0.05) is 12.1 Å². The summed E-state index contributed by atoms with van der Waals surface area (Å²) in [6.07, 6.45) is 0. The van der Waals surface area contributed by atoms with Crippen molar-refractivity contribution in [2.75, 3.05) is 12.0 Å². The van der Waals surface area contributed by atoms with Gasteiger partial charge in [0.15, 0.2) is 5.03 Å². The third-order valence-electron chi connectivity index (χ3n) is 1.40. The number of nitrogens with one attached hydrogen (secondary N) is 1. The van der Waals surface area contributed by atoms with Crippen molar-refractivity contribution in [1.29, 1.82) is 0 Å². The Morgan fingerprint density at radius 3 is 2.85 bits per heavy atom. The van der Waals surface area contributed by atoms with Gasteiger partial charge in [-0.15, -0.1) is 5.43 Å². The second-order valence-corrected chi connectivity index (χ2v) is 2.30. The summed E-state index contributed by atoms with van der Waals surface area (Å²) < 4.78 is 5.17. The van der Waals surface area contributed by atoms with Gasteiger partial charge in [-0.3, -0.25) is 0 Å². The minimum Gasteiger partial charge on any atom is -0.491 e. The fraction of sp³-hybridized carbons (Fsp3) is 0.250. The first-order valence-electron chi connectivity index (χ1n) is 3.87. The highest BCUT2D eigenvalue weighted by molar-refractivity contribution is 5.54. The van der Waals surface area contributed by atoms with Crippen LogP contribution < -0.4 is 10.2 Å². The summed E-state index contributed by atoms with van der Waals surface area (Å²) in [6, 6.07) is 6.73. The van der Waals surface area contributed by atoms with Gasteiger partial charge in [0.25, 0.3) is 0 Å². The van der Waals surface area contributed by atoms with Crippen LogP contribution in [-0.2, 0) is 0 Å². The summed E-state index contributed by atoms with van der Waals surface area (Å²) in [5.74, 6) is 0.488. The van der Waals surface area contributed by atoms with Gasteiger partial charge in [0.05, 0.1) is 6.61 Å². The van der Waals surface area contributed by atoms with Crippen molar-refractivity contribution < 1.29 is 9.77 Å². The second kappa shape index (κ2) is 4.30. The molecule has 1 aromatic rings. The fourth-order valence-electron chi connectivity index (χ4n) is 0.939. The van der Waals surface area contributed by atoms with Gasteiger partial charge in [0.2, 0.25) is 0 Å². The lowest BCUT2D eigenvalue weighted by atomic mass is 10.3. The Labute approximate surface area is 75.4 Å². The average molecular weight is 182 g/mol. The van der Waals surface area contributed by atoms with Crippen LogP contribution in [0.1, 0.15) is 6.92 Å². The molecule has 0 aliphatic carbocycles. The predicted molar refractivity (Wildman–Crippen MR) is 48.2 cm³/mol. The van der Waals surface area contributed by atoms with Gasteiger partial charge in [-0.25, -0.2) is 10.1 Å². The summed E-state index contributed by atoms with van der Waals surface area (Å²) >= 11 is 0. The molecule has 0 amide bonds. The largest absolute Gasteiger partial charge is 0.491 e. The highest BCUT2D eigenvalue weighted by atomic mass is 16.7. The van der Waals surface area contributed by atoms with Gasteiger partial charge in [0, 0.05) is 0 Å². The molecule has 5 heteroatoms. The van der Waals surface area contributed by atoms with E-state index in [1.807, 2.05) is 6.92 Å². The molecule has 0 aliphatic rings. The molecule has 1 N–H and O–H groups in total. The Hall–Kier alpha value is -1.78. The molecule has 13 heavy (non-hydrogen) atoms. The van der Waals surface area contributed by atoms with Crippen LogP contribution in [0.3, 0.4) is 0 Å². The van der Waals surface area contributed by atoms with Crippen LogP contribution in [0.5, 0.6) is 5.75 Å². The van der Waals surface area contributed by atoms with Gasteiger partial charge >= 0.3 is 0 Å². The molecule has 5 nitrogen and oxygen atoms in total. The number of nitrogens with zero attached hydrogens (tertiary/aromatic N) is 1. The molecule has 1 rings (SSSR count). The standard InChI is InChI=1S/C8H10N2O3/c1-2-13-8-6-4-3-5-7(8)9-10(11)12/h3-6,9H,2H2,1H3. The fourth-order valence-corrected chi connectivity index (χ4v) is 0.939. The zero-order chi connectivity index (χ0) is 9.68. The van der Waals surface area contributed by atoms with Crippen LogP contribution in [-0.4, -0.2) is 11.6 Å². The van der Waals surface area contributed by atoms with E-state index < -0.39 is 5.03 Å². The third-order valence-corrected chi connectivity index (χ3v) is 1.40. The zero-order valence-electron chi connectivity index (χ0n) is 7.19. The Morgan fingerprint density at radius 2 is 2.23 bits per heavy atom. The van der Waals surface area contributed by atoms with Crippen molar-refractivity contribution in [2.45, 2.75) is 6.92 Å². The van der Waals surface area contributed by atoms with E-state index in [1.165, 1.54) is 0 Å². The lowest BCUT2D eigenvalue weighted by Crippen LogP contribution is -2.09. The molecular formula is C8H10N2O3. The molecule has 0 aliphatic heterocycles. The van der Waals surface area contributed by atoms with Gasteiger partial charge in [-0.2, -0.15) is 0 Å². The van der Waals surface area contributed by atoms with Crippen LogP contribution in [0.15, 0.2) is 24.3 Å². The number of benzene rings is 1. The molecular weight excluding hydrogens is 172 g/mol. The molecule has 0 bridgehead atoms. The first-order valence-corrected chi connectivity index (χ1v) is 3.87. The summed E-state index contributed by atoms with van der Waals surface area (Å²) in [5, 5.41) is 9.55. The highest BCUT2D eigenvalue weighted by Crippen LogP contribution is 2.23. The van der Waals surface area contributed by atoms with Crippen molar-refractivity contribution in [3.63, 3.8) is 0 Å². The van der Waals surface area contributed by atoms with Crippen LogP contribution in [0.4, 0.5) is 5.69 Å². The Balaban J connectivity index is 2.84. The van der Waals surface area contributed by atoms with Crippen molar-refractivity contribution in [1.82, 2.24) is 0 Å².